The van der Waals surface area contributed by atoms with Crippen LogP contribution in [0.15, 0.2) is 78.9 Å². The molecule has 3 aromatic carbocycles. The van der Waals surface area contributed by atoms with Crippen molar-refractivity contribution in [3.63, 3.8) is 0 Å². The number of likely N-dealkylation sites (N-methyl/N-ethyl adjacent to an activating group) is 1. The van der Waals surface area contributed by atoms with Gasteiger partial charge in [0, 0.05) is 18.7 Å². The van der Waals surface area contributed by atoms with Gasteiger partial charge < -0.3 is 15.0 Å². The monoisotopic (exact) mass is 538 g/mol. The van der Waals surface area contributed by atoms with E-state index < -0.39 is 34.1 Å². The fraction of sp³-hybridized carbons (Fsp3) is 0.286. The Morgan fingerprint density at radius 1 is 0.842 bits per heavy atom. The maximum atomic E-state index is 13.6. The van der Waals surface area contributed by atoms with E-state index >= 15 is 0 Å². The number of urea groups is 1. The van der Waals surface area contributed by atoms with Crippen LogP contribution < -0.4 is 24.4 Å². The minimum absolute atomic E-state index is 0.293. The maximum absolute atomic E-state index is 13.6. The summed E-state index contributed by atoms with van der Waals surface area (Å²) in [7, 11) is -1.12. The third-order valence-electron chi connectivity index (χ3n) is 6.22. The molecule has 0 spiro atoms. The highest BCUT2D eigenvalue weighted by Gasteiger charge is 2.32. The number of rotatable bonds is 10. The summed E-state index contributed by atoms with van der Waals surface area (Å²) in [5, 5.41) is 2.57. The van der Waals surface area contributed by atoms with E-state index in [4.69, 9.17) is 4.74 Å². The van der Waals surface area contributed by atoms with Gasteiger partial charge in [-0.3, -0.25) is 9.52 Å². The summed E-state index contributed by atoms with van der Waals surface area (Å²) in [5.41, 5.74) is 2.75. The van der Waals surface area contributed by atoms with Crippen LogP contribution in [0, 0.1) is 0 Å². The topological polar surface area (TPSA) is 117 Å². The number of carbonyl (C=O) groups is 2. The number of methoxy groups -OCH3 is 1. The quantitative estimate of drug-likeness (QED) is 0.349. The third-order valence-corrected chi connectivity index (χ3v) is 7.18. The first-order valence-corrected chi connectivity index (χ1v) is 13.7. The molecule has 2 atom stereocenters. The van der Waals surface area contributed by atoms with E-state index in [1.807, 2.05) is 61.0 Å². The molecule has 3 rings (SSSR count). The minimum Gasteiger partial charge on any atom is -0.497 e. The number of hydrogen-bond donors (Lipinski definition) is 3. The number of hydrogen-bond acceptors (Lipinski definition) is 5. The Balaban J connectivity index is 1.78. The number of ether oxygens (including phenoxy) is 1. The molecule has 0 radical (unpaired) electrons. The largest absolute Gasteiger partial charge is 0.497 e. The summed E-state index contributed by atoms with van der Waals surface area (Å²) in [5.74, 6) is 0.0465. The Bertz CT molecular complexity index is 1330. The van der Waals surface area contributed by atoms with Gasteiger partial charge >= 0.3 is 16.2 Å². The normalized spacial score (nSPS) is 12.8. The fourth-order valence-electron chi connectivity index (χ4n) is 3.90. The molecule has 202 valence electrons. The van der Waals surface area contributed by atoms with Crippen molar-refractivity contribution in [1.82, 2.24) is 10.0 Å². The summed E-state index contributed by atoms with van der Waals surface area (Å²) >= 11 is 0. The smallest absolute Gasteiger partial charge is 0.330 e. The van der Waals surface area contributed by atoms with Crippen molar-refractivity contribution in [2.75, 3.05) is 23.8 Å². The molecular formula is C28H34N4O5S. The lowest BCUT2D eigenvalue weighted by Crippen LogP contribution is -2.54. The van der Waals surface area contributed by atoms with Crippen LogP contribution in [0.4, 0.5) is 16.2 Å². The molecule has 0 aliphatic rings. The van der Waals surface area contributed by atoms with Gasteiger partial charge in [0.05, 0.1) is 12.8 Å². The minimum atomic E-state index is -4.26. The molecule has 0 aliphatic heterocycles. The lowest BCUT2D eigenvalue weighted by Gasteiger charge is -2.29. The van der Waals surface area contributed by atoms with E-state index in [9.17, 15) is 18.0 Å². The fourth-order valence-corrected chi connectivity index (χ4v) is 4.70. The van der Waals surface area contributed by atoms with Gasteiger partial charge in [-0.1, -0.05) is 63.2 Å². The van der Waals surface area contributed by atoms with Crippen LogP contribution in [-0.4, -0.2) is 40.6 Å². The number of amides is 3. The van der Waals surface area contributed by atoms with E-state index in [1.165, 1.54) is 4.90 Å². The molecule has 0 heterocycles. The number of nitrogens with zero attached hydrogens (tertiary/aromatic N) is 1. The van der Waals surface area contributed by atoms with E-state index in [1.54, 1.807) is 57.5 Å². The summed E-state index contributed by atoms with van der Waals surface area (Å²) < 4.78 is 34.8. The Morgan fingerprint density at radius 2 is 1.45 bits per heavy atom. The van der Waals surface area contributed by atoms with Gasteiger partial charge in [0.2, 0.25) is 5.91 Å². The van der Waals surface area contributed by atoms with Gasteiger partial charge in [0.15, 0.2) is 0 Å². The first-order chi connectivity index (χ1) is 18.0. The molecule has 0 fully saturated rings. The number of benzene rings is 3. The standard InChI is InChI=1S/C28H34N4O5S/c1-19(2)21-11-13-23(14-12-21)30-38(35,36)31-28(34)29-26(20(3)22-9-7-6-8-10-22)27(33)32(4)24-15-17-25(37-5)18-16-24/h6-20,26,30H,1-5H3,(H2,29,31,34)/t20-,26+/m1/s1. The highest BCUT2D eigenvalue weighted by Crippen LogP contribution is 2.24. The van der Waals surface area contributed by atoms with Crippen LogP contribution in [0.3, 0.4) is 0 Å². The maximum Gasteiger partial charge on any atom is 0.330 e. The molecule has 0 bridgehead atoms. The molecule has 0 aliphatic carbocycles. The van der Waals surface area contributed by atoms with Gasteiger partial charge in [-0.25, -0.2) is 9.52 Å². The molecule has 10 heteroatoms. The first kappa shape index (κ1) is 28.5. The number of carbonyl (C=O) groups excluding carboxylic acids is 2. The SMILES string of the molecule is COc1ccc(N(C)C(=O)[C@@H](NC(=O)NS(=O)(=O)Nc2ccc(C(C)C)cc2)[C@H](C)c2ccccc2)cc1. The molecular weight excluding hydrogens is 504 g/mol. The van der Waals surface area contributed by atoms with E-state index in [0.29, 0.717) is 23.0 Å². The van der Waals surface area contributed by atoms with Crippen LogP contribution in [0.25, 0.3) is 0 Å². The van der Waals surface area contributed by atoms with E-state index in [0.717, 1.165) is 11.1 Å². The van der Waals surface area contributed by atoms with Crippen molar-refractivity contribution < 1.29 is 22.7 Å². The molecule has 0 saturated carbocycles. The van der Waals surface area contributed by atoms with Crippen molar-refractivity contribution in [2.24, 2.45) is 0 Å². The van der Waals surface area contributed by atoms with Crippen molar-refractivity contribution >= 4 is 33.5 Å². The second kappa shape index (κ2) is 12.5. The number of anilines is 2. The predicted octanol–water partition coefficient (Wildman–Crippen LogP) is 4.61. The summed E-state index contributed by atoms with van der Waals surface area (Å²) in [6.07, 6.45) is 0. The van der Waals surface area contributed by atoms with Crippen molar-refractivity contribution in [1.29, 1.82) is 0 Å². The van der Waals surface area contributed by atoms with Crippen LogP contribution in [0.5, 0.6) is 5.75 Å². The van der Waals surface area contributed by atoms with Crippen molar-refractivity contribution in [3.8, 4) is 5.75 Å². The van der Waals surface area contributed by atoms with E-state index in [2.05, 4.69) is 10.0 Å². The van der Waals surface area contributed by atoms with Crippen LogP contribution >= 0.6 is 0 Å². The lowest BCUT2D eigenvalue weighted by molar-refractivity contribution is -0.120. The lowest BCUT2D eigenvalue weighted by atomic mass is 9.92. The molecule has 9 nitrogen and oxygen atoms in total. The molecule has 0 unspecified atom stereocenters. The molecule has 0 aromatic heterocycles. The highest BCUT2D eigenvalue weighted by atomic mass is 32.2. The van der Waals surface area contributed by atoms with Crippen molar-refractivity contribution in [2.45, 2.75) is 38.6 Å². The van der Waals surface area contributed by atoms with Gasteiger partial charge in [-0.2, -0.15) is 8.42 Å². The van der Waals surface area contributed by atoms with Gasteiger partial charge in [0.1, 0.15) is 11.8 Å². The zero-order valence-electron chi connectivity index (χ0n) is 22.1. The average Bonchev–Trinajstić information content (AvgIpc) is 2.90. The summed E-state index contributed by atoms with van der Waals surface area (Å²) in [6, 6.07) is 20.9. The highest BCUT2D eigenvalue weighted by molar-refractivity contribution is 7.91. The summed E-state index contributed by atoms with van der Waals surface area (Å²) in [6.45, 7) is 5.86. The van der Waals surface area contributed by atoms with E-state index in [-0.39, 0.29) is 0 Å². The predicted molar refractivity (Wildman–Crippen MR) is 150 cm³/mol. The van der Waals surface area contributed by atoms with Crippen LogP contribution in [0.1, 0.15) is 43.7 Å². The average molecular weight is 539 g/mol. The van der Waals surface area contributed by atoms with Gasteiger partial charge in [-0.05, 0) is 53.4 Å². The van der Waals surface area contributed by atoms with Gasteiger partial charge in [0.25, 0.3) is 0 Å². The van der Waals surface area contributed by atoms with Gasteiger partial charge in [-0.15, -0.1) is 0 Å². The molecule has 3 aromatic rings. The number of nitrogens with one attached hydrogen (secondary N) is 3. The molecule has 0 saturated heterocycles. The van der Waals surface area contributed by atoms with Crippen LogP contribution in [-0.2, 0) is 15.0 Å². The Hall–Kier alpha value is -4.05. The Morgan fingerprint density at radius 3 is 2.00 bits per heavy atom. The second-order valence-corrected chi connectivity index (χ2v) is 10.6. The second-order valence-electron chi connectivity index (χ2n) is 9.23. The summed E-state index contributed by atoms with van der Waals surface area (Å²) in [4.78, 5) is 27.8. The zero-order valence-corrected chi connectivity index (χ0v) is 23.0. The Kier molecular flexibility index (Phi) is 9.35. The zero-order chi connectivity index (χ0) is 27.9. The first-order valence-electron chi connectivity index (χ1n) is 12.2. The molecule has 38 heavy (non-hydrogen) atoms. The molecule has 3 amide bonds. The van der Waals surface area contributed by atoms with Crippen molar-refractivity contribution in [3.05, 3.63) is 90.0 Å². The Labute approximate surface area is 224 Å². The molecule has 3 N–H and O–H groups in total. The van der Waals surface area contributed by atoms with Crippen LogP contribution in [0.2, 0.25) is 0 Å². The third kappa shape index (κ3) is 7.48.